The lowest BCUT2D eigenvalue weighted by molar-refractivity contribution is -0.123. The molecule has 0 heterocycles. The molecule has 154 valence electrons. The van der Waals surface area contributed by atoms with E-state index in [1.165, 1.54) is 0 Å². The van der Waals surface area contributed by atoms with E-state index in [1.807, 2.05) is 27.7 Å². The van der Waals surface area contributed by atoms with Crippen LogP contribution >= 0.6 is 0 Å². The number of benzene rings is 2. The van der Waals surface area contributed by atoms with Crippen molar-refractivity contribution in [3.8, 4) is 0 Å². The van der Waals surface area contributed by atoms with Crippen molar-refractivity contribution in [2.75, 3.05) is 29.0 Å². The predicted molar refractivity (Wildman–Crippen MR) is 116 cm³/mol. The summed E-state index contributed by atoms with van der Waals surface area (Å²) in [4.78, 5) is 36.1. The summed E-state index contributed by atoms with van der Waals surface area (Å²) >= 11 is 0. The van der Waals surface area contributed by atoms with Gasteiger partial charge in [-0.25, -0.2) is 0 Å². The molecule has 7 heteroatoms. The minimum absolute atomic E-state index is 0.0685. The molecule has 2 aromatic rings. The molecular weight excluding hydrogens is 368 g/mol. The normalized spacial score (nSPS) is 10.8. The Labute approximate surface area is 171 Å². The minimum Gasteiger partial charge on any atom is -0.376 e. The zero-order chi connectivity index (χ0) is 21.4. The third-order valence-electron chi connectivity index (χ3n) is 4.02. The number of nitrogens with one attached hydrogen (secondary N) is 4. The van der Waals surface area contributed by atoms with Crippen molar-refractivity contribution in [3.05, 3.63) is 54.1 Å². The maximum absolute atomic E-state index is 12.2. The van der Waals surface area contributed by atoms with Gasteiger partial charge in [0.2, 0.25) is 11.8 Å². The molecule has 2 rings (SSSR count). The van der Waals surface area contributed by atoms with E-state index in [4.69, 9.17) is 0 Å². The molecule has 7 nitrogen and oxygen atoms in total. The molecule has 0 fully saturated rings. The fraction of sp³-hybridized carbons (Fsp3) is 0.318. The Hall–Kier alpha value is -3.35. The third kappa shape index (κ3) is 6.95. The molecule has 0 unspecified atom stereocenters. The summed E-state index contributed by atoms with van der Waals surface area (Å²) in [6, 6.07) is 13.9. The number of hydrogen-bond acceptors (Lipinski definition) is 4. The van der Waals surface area contributed by atoms with E-state index in [-0.39, 0.29) is 24.3 Å². The minimum atomic E-state index is -0.504. The first kappa shape index (κ1) is 21.9. The lowest BCUT2D eigenvalue weighted by Crippen LogP contribution is -2.27. The smallest absolute Gasteiger partial charge is 0.251 e. The van der Waals surface area contributed by atoms with Crippen molar-refractivity contribution in [1.82, 2.24) is 5.32 Å². The van der Waals surface area contributed by atoms with Crippen LogP contribution in [-0.2, 0) is 9.59 Å². The Balaban J connectivity index is 1.89. The highest BCUT2D eigenvalue weighted by atomic mass is 16.2. The van der Waals surface area contributed by atoms with E-state index in [9.17, 15) is 14.4 Å². The molecule has 0 aliphatic rings. The van der Waals surface area contributed by atoms with Crippen molar-refractivity contribution in [1.29, 1.82) is 0 Å². The third-order valence-corrected chi connectivity index (χ3v) is 4.02. The summed E-state index contributed by atoms with van der Waals surface area (Å²) in [5.74, 6) is -0.453. The van der Waals surface area contributed by atoms with Crippen molar-refractivity contribution in [2.45, 2.75) is 27.7 Å². The Morgan fingerprint density at radius 2 is 1.48 bits per heavy atom. The van der Waals surface area contributed by atoms with Crippen molar-refractivity contribution >= 4 is 34.8 Å². The number of carbonyl (C=O) groups is 3. The Kier molecular flexibility index (Phi) is 7.36. The van der Waals surface area contributed by atoms with Gasteiger partial charge in [-0.05, 0) is 49.4 Å². The van der Waals surface area contributed by atoms with Gasteiger partial charge < -0.3 is 21.3 Å². The van der Waals surface area contributed by atoms with Crippen LogP contribution < -0.4 is 21.3 Å². The summed E-state index contributed by atoms with van der Waals surface area (Å²) in [5.41, 5.74) is 2.01. The highest BCUT2D eigenvalue weighted by Gasteiger charge is 2.21. The van der Waals surface area contributed by atoms with Crippen LogP contribution in [0.3, 0.4) is 0 Å². The first-order valence-corrected chi connectivity index (χ1v) is 9.52. The maximum atomic E-state index is 12.2. The van der Waals surface area contributed by atoms with Crippen molar-refractivity contribution in [2.24, 2.45) is 5.41 Å². The van der Waals surface area contributed by atoms with E-state index in [2.05, 4.69) is 21.3 Å². The molecule has 0 bridgehead atoms. The van der Waals surface area contributed by atoms with Gasteiger partial charge in [0.1, 0.15) is 0 Å². The SMILES string of the molecule is CCNC(=O)c1ccc(NCC(=O)Nc2cccc(NC(=O)C(C)(C)C)c2)cc1. The molecule has 0 saturated carbocycles. The monoisotopic (exact) mass is 396 g/mol. The van der Waals surface area contributed by atoms with E-state index in [1.54, 1.807) is 48.5 Å². The second kappa shape index (κ2) is 9.73. The van der Waals surface area contributed by atoms with E-state index < -0.39 is 5.41 Å². The summed E-state index contributed by atoms with van der Waals surface area (Å²) in [6.45, 7) is 8.01. The van der Waals surface area contributed by atoms with Crippen LogP contribution in [0.1, 0.15) is 38.1 Å². The lowest BCUT2D eigenvalue weighted by Gasteiger charge is -2.18. The lowest BCUT2D eigenvalue weighted by atomic mass is 9.95. The second-order valence-corrected chi connectivity index (χ2v) is 7.62. The quantitative estimate of drug-likeness (QED) is 0.576. The van der Waals surface area contributed by atoms with Gasteiger partial charge in [-0.15, -0.1) is 0 Å². The van der Waals surface area contributed by atoms with Crippen LogP contribution in [0.2, 0.25) is 0 Å². The highest BCUT2D eigenvalue weighted by Crippen LogP contribution is 2.20. The van der Waals surface area contributed by atoms with Gasteiger partial charge in [-0.1, -0.05) is 26.8 Å². The fourth-order valence-corrected chi connectivity index (χ4v) is 2.38. The maximum Gasteiger partial charge on any atom is 0.251 e. The van der Waals surface area contributed by atoms with Crippen LogP contribution in [0.4, 0.5) is 17.1 Å². The Morgan fingerprint density at radius 3 is 2.07 bits per heavy atom. The standard InChI is InChI=1S/C22H28N4O3/c1-5-23-20(28)15-9-11-16(12-10-15)24-14-19(27)25-17-7-6-8-18(13-17)26-21(29)22(2,3)4/h6-13,24H,5,14H2,1-4H3,(H,23,28)(H,25,27)(H,26,29). The summed E-state index contributed by atoms with van der Waals surface area (Å²) in [5, 5.41) is 11.4. The molecule has 0 radical (unpaired) electrons. The molecule has 0 atom stereocenters. The van der Waals surface area contributed by atoms with Crippen LogP contribution in [0.25, 0.3) is 0 Å². The largest absolute Gasteiger partial charge is 0.376 e. The van der Waals surface area contributed by atoms with Gasteiger partial charge >= 0.3 is 0 Å². The van der Waals surface area contributed by atoms with Gasteiger partial charge in [0.25, 0.3) is 5.91 Å². The number of amides is 3. The summed E-state index contributed by atoms with van der Waals surface area (Å²) in [6.07, 6.45) is 0. The van der Waals surface area contributed by atoms with Gasteiger partial charge in [-0.3, -0.25) is 14.4 Å². The van der Waals surface area contributed by atoms with E-state index in [0.29, 0.717) is 23.5 Å². The summed E-state index contributed by atoms with van der Waals surface area (Å²) < 4.78 is 0. The Bertz CT molecular complexity index is 870. The van der Waals surface area contributed by atoms with Crippen LogP contribution in [0, 0.1) is 5.41 Å². The number of anilines is 3. The molecule has 4 N–H and O–H groups in total. The zero-order valence-electron chi connectivity index (χ0n) is 17.3. The van der Waals surface area contributed by atoms with Crippen molar-refractivity contribution < 1.29 is 14.4 Å². The molecule has 3 amide bonds. The first-order chi connectivity index (χ1) is 13.7. The molecule has 0 spiro atoms. The fourth-order valence-electron chi connectivity index (χ4n) is 2.38. The zero-order valence-corrected chi connectivity index (χ0v) is 17.3. The molecule has 2 aromatic carbocycles. The summed E-state index contributed by atoms with van der Waals surface area (Å²) in [7, 11) is 0. The number of rotatable bonds is 7. The highest BCUT2D eigenvalue weighted by molar-refractivity contribution is 5.97. The Morgan fingerprint density at radius 1 is 0.862 bits per heavy atom. The average Bonchev–Trinajstić information content (AvgIpc) is 2.66. The van der Waals surface area contributed by atoms with Crippen LogP contribution in [0.15, 0.2) is 48.5 Å². The van der Waals surface area contributed by atoms with E-state index in [0.717, 1.165) is 5.69 Å². The molecule has 29 heavy (non-hydrogen) atoms. The average molecular weight is 396 g/mol. The van der Waals surface area contributed by atoms with Crippen LogP contribution in [0.5, 0.6) is 0 Å². The molecule has 0 aliphatic heterocycles. The van der Waals surface area contributed by atoms with Gasteiger partial charge in [0.15, 0.2) is 0 Å². The molecule has 0 aromatic heterocycles. The van der Waals surface area contributed by atoms with Crippen molar-refractivity contribution in [3.63, 3.8) is 0 Å². The van der Waals surface area contributed by atoms with Gasteiger partial charge in [0.05, 0.1) is 6.54 Å². The van der Waals surface area contributed by atoms with Gasteiger partial charge in [0, 0.05) is 34.6 Å². The second-order valence-electron chi connectivity index (χ2n) is 7.62. The number of carbonyl (C=O) groups excluding carboxylic acids is 3. The molecule has 0 saturated heterocycles. The number of hydrogen-bond donors (Lipinski definition) is 4. The van der Waals surface area contributed by atoms with Crippen LogP contribution in [-0.4, -0.2) is 30.8 Å². The predicted octanol–water partition coefficient (Wildman–Crippen LogP) is 3.47. The first-order valence-electron chi connectivity index (χ1n) is 9.52. The van der Waals surface area contributed by atoms with Gasteiger partial charge in [-0.2, -0.15) is 0 Å². The molecular formula is C22H28N4O3. The molecule has 0 aliphatic carbocycles. The van der Waals surface area contributed by atoms with E-state index >= 15 is 0 Å². The topological polar surface area (TPSA) is 99.3 Å².